The molecule has 3 aromatic heterocycles. The second-order valence-electron chi connectivity index (χ2n) is 14.9. The fraction of sp³-hybridized carbons (Fsp3) is 0.0196. The zero-order valence-electron chi connectivity index (χ0n) is 29.5. The van der Waals surface area contributed by atoms with Crippen LogP contribution in [-0.4, -0.2) is 14.5 Å². The van der Waals surface area contributed by atoms with E-state index in [1.807, 2.05) is 18.2 Å². The van der Waals surface area contributed by atoms with E-state index in [4.69, 9.17) is 14.4 Å². The van der Waals surface area contributed by atoms with Crippen LogP contribution < -0.4 is 0 Å². The molecule has 0 unspecified atom stereocenters. The first-order valence-electron chi connectivity index (χ1n) is 18.8. The van der Waals surface area contributed by atoms with Gasteiger partial charge < -0.3 is 4.42 Å². The number of benzene rings is 8. The van der Waals surface area contributed by atoms with Gasteiger partial charge in [0.05, 0.1) is 16.4 Å². The normalized spacial score (nSPS) is 13.6. The lowest BCUT2D eigenvalue weighted by Gasteiger charge is -2.30. The smallest absolute Gasteiger partial charge is 0.197 e. The summed E-state index contributed by atoms with van der Waals surface area (Å²) in [5, 5.41) is 5.70. The Hall–Kier alpha value is -7.30. The van der Waals surface area contributed by atoms with Crippen molar-refractivity contribution in [2.75, 3.05) is 0 Å². The van der Waals surface area contributed by atoms with Crippen LogP contribution in [0.3, 0.4) is 0 Å². The maximum absolute atomic E-state index is 6.69. The van der Waals surface area contributed by atoms with Gasteiger partial charge in [0, 0.05) is 21.7 Å². The lowest BCUT2D eigenvalue weighted by atomic mass is 9.70. The van der Waals surface area contributed by atoms with Crippen LogP contribution in [0.2, 0.25) is 0 Å². The number of furan rings is 1. The molecule has 0 amide bonds. The molecule has 4 heteroatoms. The third kappa shape index (κ3) is 3.66. The SMILES string of the molecule is c1ccc2c(c1)-c1ccccc1C21c2ccccc2-c2cc(-c3nc(-n4c5ccccc5c5cc6ccccc6cc54)c4oc5ccccc5c4n3)ccc21. The number of aromatic nitrogens is 3. The molecule has 254 valence electrons. The van der Waals surface area contributed by atoms with E-state index in [1.165, 1.54) is 66.1 Å². The highest BCUT2D eigenvalue weighted by molar-refractivity contribution is 6.15. The van der Waals surface area contributed by atoms with Crippen molar-refractivity contribution in [2.24, 2.45) is 0 Å². The highest BCUT2D eigenvalue weighted by Crippen LogP contribution is 2.63. The molecule has 0 atom stereocenters. The first-order valence-corrected chi connectivity index (χ1v) is 18.8. The highest BCUT2D eigenvalue weighted by atomic mass is 16.3. The van der Waals surface area contributed by atoms with Gasteiger partial charge in [0.2, 0.25) is 0 Å². The molecule has 2 aliphatic carbocycles. The Morgan fingerprint density at radius 3 is 1.76 bits per heavy atom. The van der Waals surface area contributed by atoms with Gasteiger partial charge in [0.15, 0.2) is 17.2 Å². The summed E-state index contributed by atoms with van der Waals surface area (Å²) in [7, 11) is 0. The van der Waals surface area contributed by atoms with Gasteiger partial charge in [-0.2, -0.15) is 0 Å². The number of hydrogen-bond acceptors (Lipinski definition) is 3. The predicted molar refractivity (Wildman–Crippen MR) is 223 cm³/mol. The molecule has 11 aromatic rings. The second-order valence-corrected chi connectivity index (χ2v) is 14.9. The fourth-order valence-corrected chi connectivity index (χ4v) is 9.98. The Labute approximate surface area is 315 Å². The van der Waals surface area contributed by atoms with Crippen molar-refractivity contribution in [1.82, 2.24) is 14.5 Å². The predicted octanol–water partition coefficient (Wildman–Crippen LogP) is 12.6. The molecule has 0 bridgehead atoms. The Balaban J connectivity index is 1.11. The molecule has 13 rings (SSSR count). The molecule has 3 heterocycles. The van der Waals surface area contributed by atoms with Crippen molar-refractivity contribution in [2.45, 2.75) is 5.41 Å². The summed E-state index contributed by atoms with van der Waals surface area (Å²) >= 11 is 0. The molecule has 0 saturated carbocycles. The summed E-state index contributed by atoms with van der Waals surface area (Å²) in [5.74, 6) is 1.39. The standard InChI is InChI=1S/C51H29N3O/c1-2-14-31-29-45-39(27-30(31)13-1)36-18-6-11-23-44(36)54(45)50-48-47(37-19-7-12-24-46(37)55-48)52-49(53-50)32-25-26-43-38(28-32)35-17-5-10-22-42(35)51(43)40-20-8-3-15-33(40)34-16-4-9-21-41(34)51/h1-29H. The van der Waals surface area contributed by atoms with Crippen molar-refractivity contribution in [3.63, 3.8) is 0 Å². The molecule has 0 radical (unpaired) electrons. The molecule has 0 aliphatic heterocycles. The van der Waals surface area contributed by atoms with Crippen molar-refractivity contribution in [3.8, 4) is 39.5 Å². The van der Waals surface area contributed by atoms with E-state index in [2.05, 4.69) is 162 Å². The lowest BCUT2D eigenvalue weighted by molar-refractivity contribution is 0.662. The van der Waals surface area contributed by atoms with Crippen LogP contribution in [0.25, 0.3) is 94.1 Å². The average molecular weight is 700 g/mol. The van der Waals surface area contributed by atoms with Gasteiger partial charge in [-0.1, -0.05) is 140 Å². The van der Waals surface area contributed by atoms with Crippen LogP contribution in [-0.2, 0) is 5.41 Å². The molecule has 8 aromatic carbocycles. The quantitative estimate of drug-likeness (QED) is 0.180. The molecule has 4 nitrogen and oxygen atoms in total. The van der Waals surface area contributed by atoms with E-state index in [1.54, 1.807) is 0 Å². The van der Waals surface area contributed by atoms with Crippen molar-refractivity contribution in [3.05, 3.63) is 198 Å². The van der Waals surface area contributed by atoms with Crippen LogP contribution in [0.15, 0.2) is 180 Å². The molecule has 0 N–H and O–H groups in total. The number of rotatable bonds is 2. The number of nitrogens with zero attached hydrogens (tertiary/aromatic N) is 3. The molecule has 0 fully saturated rings. The van der Waals surface area contributed by atoms with E-state index < -0.39 is 5.41 Å². The third-order valence-electron chi connectivity index (χ3n) is 12.2. The second kappa shape index (κ2) is 10.4. The fourth-order valence-electron chi connectivity index (χ4n) is 9.98. The minimum Gasteiger partial charge on any atom is -0.450 e. The summed E-state index contributed by atoms with van der Waals surface area (Å²) in [6.45, 7) is 0. The highest BCUT2D eigenvalue weighted by Gasteiger charge is 2.51. The molecular weight excluding hydrogens is 671 g/mol. The molecule has 55 heavy (non-hydrogen) atoms. The summed E-state index contributed by atoms with van der Waals surface area (Å²) in [5.41, 5.74) is 15.3. The minimum atomic E-state index is -0.403. The topological polar surface area (TPSA) is 43.9 Å². The van der Waals surface area contributed by atoms with Gasteiger partial charge in [-0.25, -0.2) is 9.97 Å². The van der Waals surface area contributed by atoms with Crippen LogP contribution in [0.4, 0.5) is 0 Å². The Morgan fingerprint density at radius 2 is 1.02 bits per heavy atom. The monoisotopic (exact) mass is 699 g/mol. The van der Waals surface area contributed by atoms with Crippen LogP contribution in [0.5, 0.6) is 0 Å². The maximum Gasteiger partial charge on any atom is 0.197 e. The van der Waals surface area contributed by atoms with Crippen molar-refractivity contribution < 1.29 is 4.42 Å². The first-order chi connectivity index (χ1) is 27.3. The number of hydrogen-bond donors (Lipinski definition) is 0. The van der Waals surface area contributed by atoms with Gasteiger partial charge in [-0.3, -0.25) is 4.57 Å². The summed E-state index contributed by atoms with van der Waals surface area (Å²) in [6, 6.07) is 63.6. The zero-order chi connectivity index (χ0) is 35.8. The number of para-hydroxylation sites is 2. The average Bonchev–Trinajstić information content (AvgIpc) is 3.96. The van der Waals surface area contributed by atoms with E-state index in [9.17, 15) is 0 Å². The van der Waals surface area contributed by atoms with Crippen LogP contribution in [0.1, 0.15) is 22.3 Å². The van der Waals surface area contributed by atoms with Gasteiger partial charge in [-0.15, -0.1) is 0 Å². The van der Waals surface area contributed by atoms with Gasteiger partial charge in [0.1, 0.15) is 11.1 Å². The largest absolute Gasteiger partial charge is 0.450 e. The lowest BCUT2D eigenvalue weighted by Crippen LogP contribution is -2.25. The van der Waals surface area contributed by atoms with E-state index >= 15 is 0 Å². The molecule has 0 saturated heterocycles. The van der Waals surface area contributed by atoms with E-state index in [0.29, 0.717) is 11.4 Å². The zero-order valence-corrected chi connectivity index (χ0v) is 29.5. The van der Waals surface area contributed by atoms with E-state index in [0.717, 1.165) is 38.9 Å². The molecule has 1 spiro atoms. The van der Waals surface area contributed by atoms with Gasteiger partial charge in [0.25, 0.3) is 0 Å². The van der Waals surface area contributed by atoms with Gasteiger partial charge in [-0.05, 0) is 91.7 Å². The molecule has 2 aliphatic rings. The van der Waals surface area contributed by atoms with Crippen molar-refractivity contribution >= 4 is 54.6 Å². The summed E-state index contributed by atoms with van der Waals surface area (Å²) < 4.78 is 8.96. The van der Waals surface area contributed by atoms with Crippen LogP contribution >= 0.6 is 0 Å². The summed E-state index contributed by atoms with van der Waals surface area (Å²) in [6.07, 6.45) is 0. The minimum absolute atomic E-state index is 0.403. The van der Waals surface area contributed by atoms with Crippen LogP contribution in [0, 0.1) is 0 Å². The first kappa shape index (κ1) is 29.2. The summed E-state index contributed by atoms with van der Waals surface area (Å²) in [4.78, 5) is 10.8. The van der Waals surface area contributed by atoms with Crippen molar-refractivity contribution in [1.29, 1.82) is 0 Å². The molecular formula is C51H29N3O. The maximum atomic E-state index is 6.69. The Kier molecular flexibility index (Phi) is 5.54. The Morgan fingerprint density at radius 1 is 0.436 bits per heavy atom. The van der Waals surface area contributed by atoms with Gasteiger partial charge >= 0.3 is 0 Å². The third-order valence-corrected chi connectivity index (χ3v) is 12.2. The Bertz CT molecular complexity index is 3410. The number of fused-ring (bicyclic) bond motifs is 17. The van der Waals surface area contributed by atoms with E-state index in [-0.39, 0.29) is 0 Å².